The number of guanidine groups is 1. The van der Waals surface area contributed by atoms with Crippen LogP contribution in [0.4, 0.5) is 10.2 Å². The zero-order valence-corrected chi connectivity index (χ0v) is 16.7. The van der Waals surface area contributed by atoms with E-state index in [0.717, 1.165) is 58.2 Å². The quantitative estimate of drug-likeness (QED) is 0.579. The molecule has 2 unspecified atom stereocenters. The Kier molecular flexibility index (Phi) is 6.84. The van der Waals surface area contributed by atoms with Crippen molar-refractivity contribution in [3.8, 4) is 0 Å². The van der Waals surface area contributed by atoms with E-state index in [9.17, 15) is 4.39 Å². The fraction of sp³-hybridized carbons (Fsp3) is 0.684. The smallest absolute Gasteiger partial charge is 0.191 e. The van der Waals surface area contributed by atoms with E-state index in [4.69, 9.17) is 0 Å². The number of piperazine rings is 1. The summed E-state index contributed by atoms with van der Waals surface area (Å²) in [6.45, 7) is 9.10. The number of hydrogen-bond acceptors (Lipinski definition) is 5. The summed E-state index contributed by atoms with van der Waals surface area (Å²) < 4.78 is 13.9. The van der Waals surface area contributed by atoms with E-state index in [1.165, 1.54) is 6.07 Å². The Bertz CT molecular complexity index is 630. The lowest BCUT2D eigenvalue weighted by Crippen LogP contribution is -2.53. The minimum absolute atomic E-state index is 0.233. The van der Waals surface area contributed by atoms with Crippen molar-refractivity contribution in [3.05, 3.63) is 24.1 Å². The van der Waals surface area contributed by atoms with Crippen LogP contribution < -0.4 is 15.5 Å². The van der Waals surface area contributed by atoms with Crippen LogP contribution in [0.3, 0.4) is 0 Å². The first-order valence-electron chi connectivity index (χ1n) is 9.82. The number of hydrogen-bond donors (Lipinski definition) is 2. The molecule has 1 aromatic rings. The van der Waals surface area contributed by atoms with E-state index >= 15 is 0 Å². The normalized spacial score (nSPS) is 23.5. The molecular weight excluding hydrogens is 345 g/mol. The third-order valence-corrected chi connectivity index (χ3v) is 5.52. The fourth-order valence-corrected chi connectivity index (χ4v) is 3.70. The Balaban J connectivity index is 1.45. The van der Waals surface area contributed by atoms with Crippen molar-refractivity contribution >= 4 is 11.8 Å². The molecule has 7 nitrogen and oxygen atoms in total. The van der Waals surface area contributed by atoms with E-state index in [1.807, 2.05) is 4.90 Å². The molecule has 0 spiro atoms. The first kappa shape index (κ1) is 19.8. The minimum atomic E-state index is -0.262. The largest absolute Gasteiger partial charge is 0.355 e. The fourth-order valence-electron chi connectivity index (χ4n) is 3.70. The number of nitrogens with zero attached hydrogens (tertiary/aromatic N) is 5. The summed E-state index contributed by atoms with van der Waals surface area (Å²) in [5.41, 5.74) is 0. The van der Waals surface area contributed by atoms with Gasteiger partial charge in [-0.1, -0.05) is 0 Å². The third kappa shape index (κ3) is 5.29. The van der Waals surface area contributed by atoms with E-state index in [2.05, 4.69) is 44.4 Å². The second-order valence-electron chi connectivity index (χ2n) is 7.53. The predicted molar refractivity (Wildman–Crippen MR) is 108 cm³/mol. The molecule has 2 aliphatic rings. The first-order valence-corrected chi connectivity index (χ1v) is 9.82. The van der Waals surface area contributed by atoms with Crippen molar-refractivity contribution in [3.63, 3.8) is 0 Å². The number of nitrogens with one attached hydrogen (secondary N) is 2. The van der Waals surface area contributed by atoms with Crippen molar-refractivity contribution in [2.24, 2.45) is 4.99 Å². The molecule has 8 heteroatoms. The van der Waals surface area contributed by atoms with E-state index in [1.54, 1.807) is 19.3 Å². The molecule has 0 amide bonds. The molecule has 2 aliphatic heterocycles. The van der Waals surface area contributed by atoms with Crippen LogP contribution >= 0.6 is 0 Å². The van der Waals surface area contributed by atoms with Gasteiger partial charge in [-0.25, -0.2) is 9.37 Å². The molecule has 2 atom stereocenters. The topological polar surface area (TPSA) is 59.0 Å². The highest BCUT2D eigenvalue weighted by Gasteiger charge is 2.26. The molecule has 0 aliphatic carbocycles. The number of likely N-dealkylation sites (N-methyl/N-ethyl adjacent to an activating group) is 1. The van der Waals surface area contributed by atoms with Gasteiger partial charge in [0.2, 0.25) is 0 Å². The van der Waals surface area contributed by atoms with Gasteiger partial charge in [0.1, 0.15) is 0 Å². The first-order chi connectivity index (χ1) is 13.1. The highest BCUT2D eigenvalue weighted by molar-refractivity contribution is 5.80. The highest BCUT2D eigenvalue weighted by atomic mass is 19.1. The molecule has 27 heavy (non-hydrogen) atoms. The zero-order chi connectivity index (χ0) is 19.2. The molecular formula is C19H32FN7. The average Bonchev–Trinajstić information content (AvgIpc) is 3.14. The van der Waals surface area contributed by atoms with Gasteiger partial charge in [0, 0.05) is 71.1 Å². The van der Waals surface area contributed by atoms with Crippen molar-refractivity contribution in [2.45, 2.75) is 25.4 Å². The highest BCUT2D eigenvalue weighted by Crippen LogP contribution is 2.20. The summed E-state index contributed by atoms with van der Waals surface area (Å²) in [6, 6.07) is 3.78. The number of anilines is 1. The van der Waals surface area contributed by atoms with Crippen molar-refractivity contribution in [2.75, 3.05) is 64.8 Å². The van der Waals surface area contributed by atoms with Gasteiger partial charge in [0.15, 0.2) is 17.6 Å². The van der Waals surface area contributed by atoms with Gasteiger partial charge < -0.3 is 20.4 Å². The summed E-state index contributed by atoms with van der Waals surface area (Å²) in [4.78, 5) is 15.4. The van der Waals surface area contributed by atoms with Crippen LogP contribution in [0.1, 0.15) is 13.3 Å². The lowest BCUT2D eigenvalue weighted by atomic mass is 10.2. The van der Waals surface area contributed by atoms with E-state index < -0.39 is 0 Å². The summed E-state index contributed by atoms with van der Waals surface area (Å²) in [5.74, 6) is 0.986. The summed E-state index contributed by atoms with van der Waals surface area (Å²) in [5, 5.41) is 6.92. The van der Waals surface area contributed by atoms with Crippen molar-refractivity contribution in [1.82, 2.24) is 25.4 Å². The Morgan fingerprint density at radius 2 is 2.11 bits per heavy atom. The Labute approximate surface area is 161 Å². The molecule has 2 fully saturated rings. The molecule has 2 saturated heterocycles. The molecule has 150 valence electrons. The van der Waals surface area contributed by atoms with Crippen molar-refractivity contribution < 1.29 is 4.39 Å². The van der Waals surface area contributed by atoms with Crippen LogP contribution in [0, 0.1) is 5.82 Å². The van der Waals surface area contributed by atoms with Gasteiger partial charge >= 0.3 is 0 Å². The van der Waals surface area contributed by atoms with Gasteiger partial charge in [-0.05, 0) is 32.5 Å². The second-order valence-corrected chi connectivity index (χ2v) is 7.53. The maximum Gasteiger partial charge on any atom is 0.191 e. The average molecular weight is 378 g/mol. The number of rotatable bonds is 5. The zero-order valence-electron chi connectivity index (χ0n) is 16.7. The molecule has 0 bridgehead atoms. The maximum absolute atomic E-state index is 13.9. The Morgan fingerprint density at radius 1 is 1.33 bits per heavy atom. The van der Waals surface area contributed by atoms with Crippen molar-refractivity contribution in [1.29, 1.82) is 0 Å². The minimum Gasteiger partial charge on any atom is -0.355 e. The molecule has 3 rings (SSSR count). The predicted octanol–water partition coefficient (Wildman–Crippen LogP) is 0.600. The summed E-state index contributed by atoms with van der Waals surface area (Å²) in [6.07, 6.45) is 2.57. The maximum atomic E-state index is 13.9. The molecule has 1 aromatic heterocycles. The standard InChI is InChI=1S/C19H32FN7/c1-15(26-11-9-25(3)10-12-26)13-23-19(21-2)24-16-6-8-27(14-16)18-17(20)5-4-7-22-18/h4-5,7,15-16H,6,8-14H2,1-3H3,(H2,21,23,24). The van der Waals surface area contributed by atoms with Crippen LogP contribution in [0.2, 0.25) is 0 Å². The molecule has 3 heterocycles. The number of aliphatic imine (C=N–C) groups is 1. The monoisotopic (exact) mass is 377 g/mol. The molecule has 0 radical (unpaired) electrons. The summed E-state index contributed by atoms with van der Waals surface area (Å²) >= 11 is 0. The number of pyridine rings is 1. The summed E-state index contributed by atoms with van der Waals surface area (Å²) in [7, 11) is 3.97. The van der Waals surface area contributed by atoms with Crippen LogP contribution in [0.5, 0.6) is 0 Å². The van der Waals surface area contributed by atoms with Crippen LogP contribution in [0.25, 0.3) is 0 Å². The molecule has 0 saturated carbocycles. The van der Waals surface area contributed by atoms with E-state index in [-0.39, 0.29) is 11.9 Å². The van der Waals surface area contributed by atoms with Crippen LogP contribution in [-0.4, -0.2) is 92.7 Å². The van der Waals surface area contributed by atoms with Gasteiger partial charge in [-0.2, -0.15) is 0 Å². The number of halogens is 1. The SMILES string of the molecule is CN=C(NCC(C)N1CCN(C)CC1)NC1CCN(c2ncccc2F)C1. The third-order valence-electron chi connectivity index (χ3n) is 5.52. The van der Waals surface area contributed by atoms with Crippen LogP contribution in [0.15, 0.2) is 23.3 Å². The van der Waals surface area contributed by atoms with Crippen LogP contribution in [-0.2, 0) is 0 Å². The molecule has 2 N–H and O–H groups in total. The van der Waals surface area contributed by atoms with Gasteiger partial charge in [0.25, 0.3) is 0 Å². The van der Waals surface area contributed by atoms with Gasteiger partial charge in [-0.3, -0.25) is 9.89 Å². The number of aromatic nitrogens is 1. The lowest BCUT2D eigenvalue weighted by Gasteiger charge is -2.36. The van der Waals surface area contributed by atoms with Gasteiger partial charge in [0.05, 0.1) is 0 Å². The lowest BCUT2D eigenvalue weighted by molar-refractivity contribution is 0.120. The molecule has 0 aromatic carbocycles. The van der Waals surface area contributed by atoms with E-state index in [0.29, 0.717) is 11.9 Å². The Hall–Kier alpha value is -1.93. The second kappa shape index (κ2) is 9.32. The Morgan fingerprint density at radius 3 is 2.81 bits per heavy atom. The van der Waals surface area contributed by atoms with Gasteiger partial charge in [-0.15, -0.1) is 0 Å².